The lowest BCUT2D eigenvalue weighted by atomic mass is 10.1. The minimum absolute atomic E-state index is 0.153. The van der Waals surface area contributed by atoms with Gasteiger partial charge in [-0.2, -0.15) is 5.10 Å². The first-order valence-corrected chi connectivity index (χ1v) is 5.54. The van der Waals surface area contributed by atoms with Gasteiger partial charge >= 0.3 is 0 Å². The molecule has 0 aliphatic carbocycles. The molecular weight excluding hydrogens is 216 g/mol. The predicted molar refractivity (Wildman–Crippen MR) is 66.3 cm³/mol. The summed E-state index contributed by atoms with van der Waals surface area (Å²) in [5, 5.41) is 6.74. The number of hydrogen-bond acceptors (Lipinski definition) is 3. The average Bonchev–Trinajstić information content (AvgIpc) is 2.81. The summed E-state index contributed by atoms with van der Waals surface area (Å²) in [7, 11) is 1.65. The van der Waals surface area contributed by atoms with Gasteiger partial charge in [-0.15, -0.1) is 0 Å². The summed E-state index contributed by atoms with van der Waals surface area (Å²) in [6, 6.07) is 5.77. The van der Waals surface area contributed by atoms with E-state index in [1.807, 2.05) is 38.2 Å². The predicted octanol–water partition coefficient (Wildman–Crippen LogP) is 2.87. The summed E-state index contributed by atoms with van der Waals surface area (Å²) in [6.07, 6.45) is 3.74. The molecular formula is C13H16N2O2. The zero-order chi connectivity index (χ0) is 12.3. The van der Waals surface area contributed by atoms with E-state index >= 15 is 0 Å². The van der Waals surface area contributed by atoms with Crippen LogP contribution in [0.3, 0.4) is 0 Å². The van der Waals surface area contributed by atoms with E-state index < -0.39 is 0 Å². The number of rotatable bonds is 4. The van der Waals surface area contributed by atoms with Crippen LogP contribution in [0.4, 0.5) is 0 Å². The molecule has 2 rings (SSSR count). The minimum atomic E-state index is 0.153. The number of benzene rings is 1. The van der Waals surface area contributed by atoms with Gasteiger partial charge in [-0.25, -0.2) is 0 Å². The number of H-pyrrole nitrogens is 1. The molecule has 0 saturated carbocycles. The van der Waals surface area contributed by atoms with Crippen molar-refractivity contribution in [1.82, 2.24) is 10.2 Å². The zero-order valence-electron chi connectivity index (χ0n) is 10.2. The highest BCUT2D eigenvalue weighted by Crippen LogP contribution is 2.33. The second-order valence-electron chi connectivity index (χ2n) is 4.02. The van der Waals surface area contributed by atoms with E-state index in [0.717, 1.165) is 22.6 Å². The Labute approximate surface area is 101 Å². The Kier molecular flexibility index (Phi) is 3.32. The quantitative estimate of drug-likeness (QED) is 0.881. The summed E-state index contributed by atoms with van der Waals surface area (Å²) >= 11 is 0. The summed E-state index contributed by atoms with van der Waals surface area (Å²) in [5.41, 5.74) is 1.95. The maximum Gasteiger partial charge on any atom is 0.127 e. The minimum Gasteiger partial charge on any atom is -0.496 e. The molecule has 0 atom stereocenters. The standard InChI is InChI=1S/C13H16N2O2/c1-9(2)17-11-4-5-13(16-3)12(6-11)10-7-14-15-8-10/h4-9H,1-3H3,(H,14,15). The third kappa shape index (κ3) is 2.58. The highest BCUT2D eigenvalue weighted by molar-refractivity contribution is 5.70. The molecule has 1 N–H and O–H groups in total. The Hall–Kier alpha value is -1.97. The van der Waals surface area contributed by atoms with Gasteiger partial charge in [-0.1, -0.05) is 0 Å². The first-order valence-electron chi connectivity index (χ1n) is 5.54. The van der Waals surface area contributed by atoms with Gasteiger partial charge in [0.2, 0.25) is 0 Å². The van der Waals surface area contributed by atoms with E-state index in [1.165, 1.54) is 0 Å². The molecule has 1 aromatic carbocycles. The Bertz CT molecular complexity index is 478. The molecule has 0 aliphatic heterocycles. The van der Waals surface area contributed by atoms with Crippen molar-refractivity contribution in [1.29, 1.82) is 0 Å². The van der Waals surface area contributed by atoms with Crippen molar-refractivity contribution in [3.63, 3.8) is 0 Å². The van der Waals surface area contributed by atoms with Crippen molar-refractivity contribution >= 4 is 0 Å². The van der Waals surface area contributed by atoms with E-state index in [1.54, 1.807) is 13.3 Å². The van der Waals surface area contributed by atoms with Crippen molar-refractivity contribution in [2.45, 2.75) is 20.0 Å². The summed E-state index contributed by atoms with van der Waals surface area (Å²) in [6.45, 7) is 4.00. The SMILES string of the molecule is COc1ccc(OC(C)C)cc1-c1cn[nH]c1. The van der Waals surface area contributed by atoms with Gasteiger partial charge in [0.1, 0.15) is 11.5 Å². The van der Waals surface area contributed by atoms with Crippen LogP contribution in [0.15, 0.2) is 30.6 Å². The number of nitrogens with one attached hydrogen (secondary N) is 1. The molecule has 17 heavy (non-hydrogen) atoms. The van der Waals surface area contributed by atoms with E-state index in [2.05, 4.69) is 10.2 Å². The normalized spacial score (nSPS) is 10.6. The van der Waals surface area contributed by atoms with E-state index in [-0.39, 0.29) is 6.10 Å². The largest absolute Gasteiger partial charge is 0.496 e. The summed E-state index contributed by atoms with van der Waals surface area (Å²) < 4.78 is 11.0. The fourth-order valence-corrected chi connectivity index (χ4v) is 1.66. The van der Waals surface area contributed by atoms with Crippen LogP contribution in [-0.2, 0) is 0 Å². The van der Waals surface area contributed by atoms with Gasteiger partial charge in [0.15, 0.2) is 0 Å². The maximum absolute atomic E-state index is 5.67. The fraction of sp³-hybridized carbons (Fsp3) is 0.308. The monoisotopic (exact) mass is 232 g/mol. The van der Waals surface area contributed by atoms with Crippen molar-refractivity contribution < 1.29 is 9.47 Å². The van der Waals surface area contributed by atoms with Crippen molar-refractivity contribution in [2.75, 3.05) is 7.11 Å². The Morgan fingerprint density at radius 2 is 2.12 bits per heavy atom. The Balaban J connectivity index is 2.40. The maximum atomic E-state index is 5.67. The third-order valence-corrected chi connectivity index (χ3v) is 2.35. The van der Waals surface area contributed by atoms with Gasteiger partial charge in [0.05, 0.1) is 19.4 Å². The average molecular weight is 232 g/mol. The molecule has 0 saturated heterocycles. The van der Waals surface area contributed by atoms with Crippen molar-refractivity contribution in [2.24, 2.45) is 0 Å². The molecule has 4 nitrogen and oxygen atoms in total. The molecule has 1 aromatic heterocycles. The highest BCUT2D eigenvalue weighted by Gasteiger charge is 2.09. The van der Waals surface area contributed by atoms with E-state index in [9.17, 15) is 0 Å². The van der Waals surface area contributed by atoms with Gasteiger partial charge < -0.3 is 9.47 Å². The summed E-state index contributed by atoms with van der Waals surface area (Å²) in [5.74, 6) is 1.64. The van der Waals surface area contributed by atoms with Gasteiger partial charge in [-0.05, 0) is 32.0 Å². The molecule has 0 amide bonds. The van der Waals surface area contributed by atoms with Crippen molar-refractivity contribution in [3.05, 3.63) is 30.6 Å². The van der Waals surface area contributed by atoms with Crippen LogP contribution in [0.2, 0.25) is 0 Å². The number of aromatic nitrogens is 2. The molecule has 2 aromatic rings. The van der Waals surface area contributed by atoms with Crippen LogP contribution in [0.25, 0.3) is 11.1 Å². The molecule has 0 fully saturated rings. The van der Waals surface area contributed by atoms with Crippen LogP contribution >= 0.6 is 0 Å². The van der Waals surface area contributed by atoms with Crippen LogP contribution < -0.4 is 9.47 Å². The molecule has 1 heterocycles. The van der Waals surface area contributed by atoms with Gasteiger partial charge in [0.25, 0.3) is 0 Å². The smallest absolute Gasteiger partial charge is 0.127 e. The molecule has 0 aliphatic rings. The third-order valence-electron chi connectivity index (χ3n) is 2.35. The number of hydrogen-bond donors (Lipinski definition) is 1. The van der Waals surface area contributed by atoms with Crippen LogP contribution in [0.5, 0.6) is 11.5 Å². The van der Waals surface area contributed by atoms with Gasteiger partial charge in [0, 0.05) is 17.3 Å². The Morgan fingerprint density at radius 3 is 2.71 bits per heavy atom. The molecule has 0 radical (unpaired) electrons. The second-order valence-corrected chi connectivity index (χ2v) is 4.02. The number of methoxy groups -OCH3 is 1. The number of nitrogens with zero attached hydrogens (tertiary/aromatic N) is 1. The summed E-state index contributed by atoms with van der Waals surface area (Å²) in [4.78, 5) is 0. The van der Waals surface area contributed by atoms with E-state index in [4.69, 9.17) is 9.47 Å². The topological polar surface area (TPSA) is 47.1 Å². The fourth-order valence-electron chi connectivity index (χ4n) is 1.66. The molecule has 0 unspecified atom stereocenters. The highest BCUT2D eigenvalue weighted by atomic mass is 16.5. The Morgan fingerprint density at radius 1 is 1.29 bits per heavy atom. The molecule has 90 valence electrons. The van der Waals surface area contributed by atoms with Crippen LogP contribution in [-0.4, -0.2) is 23.4 Å². The van der Waals surface area contributed by atoms with Crippen molar-refractivity contribution in [3.8, 4) is 22.6 Å². The van der Waals surface area contributed by atoms with E-state index in [0.29, 0.717) is 0 Å². The van der Waals surface area contributed by atoms with Crippen LogP contribution in [0.1, 0.15) is 13.8 Å². The number of aromatic amines is 1. The first kappa shape index (κ1) is 11.5. The molecule has 0 bridgehead atoms. The first-order chi connectivity index (χ1) is 8.20. The molecule has 4 heteroatoms. The van der Waals surface area contributed by atoms with Crippen LogP contribution in [0, 0.1) is 0 Å². The lowest BCUT2D eigenvalue weighted by molar-refractivity contribution is 0.242. The molecule has 0 spiro atoms. The lowest BCUT2D eigenvalue weighted by Crippen LogP contribution is -2.05. The number of ether oxygens (including phenoxy) is 2. The van der Waals surface area contributed by atoms with Gasteiger partial charge in [-0.3, -0.25) is 5.10 Å². The lowest BCUT2D eigenvalue weighted by Gasteiger charge is -2.13. The second kappa shape index (κ2) is 4.91. The zero-order valence-corrected chi connectivity index (χ0v) is 10.2.